The molecule has 1 fully saturated rings. The van der Waals surface area contributed by atoms with E-state index in [1.807, 2.05) is 11.9 Å². The van der Waals surface area contributed by atoms with E-state index in [2.05, 4.69) is 17.1 Å². The second kappa shape index (κ2) is 7.76. The van der Waals surface area contributed by atoms with Gasteiger partial charge in [-0.15, -0.1) is 0 Å². The van der Waals surface area contributed by atoms with Gasteiger partial charge in [-0.25, -0.2) is 0 Å². The molecule has 0 aromatic rings. The van der Waals surface area contributed by atoms with Crippen LogP contribution in [-0.4, -0.2) is 68.2 Å². The van der Waals surface area contributed by atoms with Gasteiger partial charge in [0.05, 0.1) is 19.3 Å². The summed E-state index contributed by atoms with van der Waals surface area (Å²) in [5.41, 5.74) is 5.21. The van der Waals surface area contributed by atoms with Crippen LogP contribution in [0.25, 0.3) is 0 Å². The molecule has 0 saturated carbocycles. The first-order valence-corrected chi connectivity index (χ1v) is 7.59. The molecule has 0 bridgehead atoms. The normalized spacial score (nSPS) is 27.9. The van der Waals surface area contributed by atoms with Crippen molar-refractivity contribution in [3.05, 3.63) is 12.2 Å². The number of morpholine rings is 1. The van der Waals surface area contributed by atoms with E-state index in [1.54, 1.807) is 0 Å². The zero-order valence-corrected chi connectivity index (χ0v) is 12.5. The van der Waals surface area contributed by atoms with E-state index in [4.69, 9.17) is 10.5 Å². The first-order chi connectivity index (χ1) is 9.63. The molecule has 2 N–H and O–H groups in total. The molecule has 2 atom stereocenters. The maximum absolute atomic E-state index is 10.9. The van der Waals surface area contributed by atoms with Crippen LogP contribution >= 0.6 is 0 Å². The van der Waals surface area contributed by atoms with Crippen LogP contribution in [0.15, 0.2) is 12.2 Å². The largest absolute Gasteiger partial charge is 0.374 e. The Labute approximate surface area is 121 Å². The molecule has 5 nitrogen and oxygen atoms in total. The quantitative estimate of drug-likeness (QED) is 0.719. The van der Waals surface area contributed by atoms with Crippen molar-refractivity contribution < 1.29 is 9.53 Å². The summed E-state index contributed by atoms with van der Waals surface area (Å²) in [5, 5.41) is 0. The van der Waals surface area contributed by atoms with Gasteiger partial charge in [0, 0.05) is 26.2 Å². The van der Waals surface area contributed by atoms with Gasteiger partial charge in [-0.1, -0.05) is 12.2 Å². The molecule has 0 aromatic heterocycles. The van der Waals surface area contributed by atoms with Crippen molar-refractivity contribution in [2.75, 3.05) is 46.4 Å². The molecule has 20 heavy (non-hydrogen) atoms. The van der Waals surface area contributed by atoms with E-state index < -0.39 is 0 Å². The van der Waals surface area contributed by atoms with Gasteiger partial charge < -0.3 is 10.5 Å². The van der Waals surface area contributed by atoms with E-state index in [0.717, 1.165) is 32.2 Å². The minimum Gasteiger partial charge on any atom is -0.374 e. The molecule has 2 aliphatic rings. The Morgan fingerprint density at radius 2 is 2.35 bits per heavy atom. The summed E-state index contributed by atoms with van der Waals surface area (Å²) in [5.74, 6) is 0.510. The van der Waals surface area contributed by atoms with Crippen molar-refractivity contribution in [2.45, 2.75) is 25.4 Å². The average Bonchev–Trinajstić information content (AvgIpc) is 2.39. The van der Waals surface area contributed by atoms with E-state index in [-0.39, 0.29) is 12.0 Å². The molecule has 0 spiro atoms. The van der Waals surface area contributed by atoms with Crippen LogP contribution in [0.5, 0.6) is 0 Å². The summed E-state index contributed by atoms with van der Waals surface area (Å²) in [6, 6.07) is 0. The highest BCUT2D eigenvalue weighted by Crippen LogP contribution is 2.20. The smallest absolute Gasteiger partial charge is 0.231 e. The van der Waals surface area contributed by atoms with E-state index in [9.17, 15) is 4.79 Å². The molecule has 2 rings (SSSR count). The molecule has 1 saturated heterocycles. The van der Waals surface area contributed by atoms with Gasteiger partial charge in [-0.05, 0) is 32.2 Å². The Kier molecular flexibility index (Phi) is 6.01. The monoisotopic (exact) mass is 281 g/mol. The Balaban J connectivity index is 1.73. The number of likely N-dealkylation sites (N-methyl/N-ethyl adjacent to an activating group) is 1. The van der Waals surface area contributed by atoms with Crippen LogP contribution in [-0.2, 0) is 9.53 Å². The number of ether oxygens (including phenoxy) is 1. The second-order valence-corrected chi connectivity index (χ2v) is 6.07. The van der Waals surface area contributed by atoms with E-state index in [0.29, 0.717) is 6.54 Å². The summed E-state index contributed by atoms with van der Waals surface area (Å²) < 4.78 is 5.80. The predicted octanol–water partition coefficient (Wildman–Crippen LogP) is 0.461. The third-order valence-electron chi connectivity index (χ3n) is 4.06. The highest BCUT2D eigenvalue weighted by molar-refractivity contribution is 5.75. The van der Waals surface area contributed by atoms with Crippen molar-refractivity contribution in [1.82, 2.24) is 9.80 Å². The number of rotatable bonds is 6. The maximum atomic E-state index is 10.9. The van der Waals surface area contributed by atoms with E-state index in [1.165, 1.54) is 25.8 Å². The number of nitrogens with zero attached hydrogens (tertiary/aromatic N) is 2. The van der Waals surface area contributed by atoms with Crippen molar-refractivity contribution in [3.8, 4) is 0 Å². The highest BCUT2D eigenvalue weighted by atomic mass is 16.5. The van der Waals surface area contributed by atoms with Crippen molar-refractivity contribution in [1.29, 1.82) is 0 Å². The predicted molar refractivity (Wildman–Crippen MR) is 79.4 cm³/mol. The minimum absolute atomic E-state index is 0.187. The molecule has 114 valence electrons. The lowest BCUT2D eigenvalue weighted by molar-refractivity contribution is -0.119. The zero-order valence-electron chi connectivity index (χ0n) is 12.5. The molecule has 1 heterocycles. The number of allylic oxidation sites excluding steroid dienone is 2. The van der Waals surface area contributed by atoms with Gasteiger partial charge in [-0.3, -0.25) is 14.6 Å². The number of carbonyl (C=O) groups excluding carboxylic acids is 1. The van der Waals surface area contributed by atoms with Gasteiger partial charge >= 0.3 is 0 Å². The minimum atomic E-state index is -0.283. The fourth-order valence-corrected chi connectivity index (χ4v) is 3.12. The number of nitrogens with two attached hydrogens (primary N) is 1. The Morgan fingerprint density at radius 3 is 3.05 bits per heavy atom. The third kappa shape index (κ3) is 5.23. The summed E-state index contributed by atoms with van der Waals surface area (Å²) >= 11 is 0. The Hall–Kier alpha value is -0.910. The maximum Gasteiger partial charge on any atom is 0.231 e. The van der Waals surface area contributed by atoms with Crippen molar-refractivity contribution in [2.24, 2.45) is 11.7 Å². The zero-order chi connectivity index (χ0) is 14.4. The van der Waals surface area contributed by atoms with Crippen LogP contribution in [0.3, 0.4) is 0 Å². The molecular weight excluding hydrogens is 254 g/mol. The molecule has 5 heteroatoms. The van der Waals surface area contributed by atoms with Gasteiger partial charge in [0.25, 0.3) is 0 Å². The fourth-order valence-electron chi connectivity index (χ4n) is 3.12. The van der Waals surface area contributed by atoms with Gasteiger partial charge in [0.15, 0.2) is 0 Å². The molecule has 0 radical (unpaired) electrons. The van der Waals surface area contributed by atoms with Gasteiger partial charge in [0.2, 0.25) is 5.91 Å². The van der Waals surface area contributed by atoms with Crippen LogP contribution in [0, 0.1) is 5.92 Å². The SMILES string of the molecule is CN(CC(N)=O)C[C@H]1CN(C[C@@H]2CC=CCC2)CCO1. The fraction of sp³-hybridized carbons (Fsp3) is 0.800. The number of carbonyl (C=O) groups is 1. The molecule has 1 aliphatic carbocycles. The molecule has 1 aliphatic heterocycles. The average molecular weight is 281 g/mol. The van der Waals surface area contributed by atoms with Crippen LogP contribution < -0.4 is 5.73 Å². The second-order valence-electron chi connectivity index (χ2n) is 6.07. The topological polar surface area (TPSA) is 58.8 Å². The number of hydrogen-bond donors (Lipinski definition) is 1. The summed E-state index contributed by atoms with van der Waals surface area (Å²) in [6.45, 7) is 5.01. The Morgan fingerprint density at radius 1 is 1.50 bits per heavy atom. The van der Waals surface area contributed by atoms with Crippen molar-refractivity contribution >= 4 is 5.91 Å². The third-order valence-corrected chi connectivity index (χ3v) is 4.06. The number of primary amides is 1. The Bertz CT molecular complexity index is 346. The molecule has 1 amide bonds. The lowest BCUT2D eigenvalue weighted by atomic mass is 9.94. The lowest BCUT2D eigenvalue weighted by Crippen LogP contribution is -2.49. The molecule has 0 aromatic carbocycles. The number of amides is 1. The summed E-state index contributed by atoms with van der Waals surface area (Å²) in [7, 11) is 1.92. The van der Waals surface area contributed by atoms with Crippen molar-refractivity contribution in [3.63, 3.8) is 0 Å². The van der Waals surface area contributed by atoms with Gasteiger partial charge in [-0.2, -0.15) is 0 Å². The number of hydrogen-bond acceptors (Lipinski definition) is 4. The van der Waals surface area contributed by atoms with E-state index >= 15 is 0 Å². The van der Waals surface area contributed by atoms with Gasteiger partial charge in [0.1, 0.15) is 0 Å². The van der Waals surface area contributed by atoms with Crippen LogP contribution in [0.1, 0.15) is 19.3 Å². The molecular formula is C15H27N3O2. The summed E-state index contributed by atoms with van der Waals surface area (Å²) in [6.07, 6.45) is 8.53. The first-order valence-electron chi connectivity index (χ1n) is 7.59. The lowest BCUT2D eigenvalue weighted by Gasteiger charge is -2.36. The highest BCUT2D eigenvalue weighted by Gasteiger charge is 2.24. The summed E-state index contributed by atoms with van der Waals surface area (Å²) in [4.78, 5) is 15.4. The molecule has 0 unspecified atom stereocenters. The standard InChI is InChI=1S/C15H27N3O2/c1-17(12-15(16)19)10-14-11-18(7-8-20-14)9-13-5-3-2-4-6-13/h2-3,13-14H,4-12H2,1H3,(H2,16,19)/t13-,14+/m1/s1. The first kappa shape index (κ1) is 15.5. The van der Waals surface area contributed by atoms with Crippen LogP contribution in [0.4, 0.5) is 0 Å². The van der Waals surface area contributed by atoms with Crippen LogP contribution in [0.2, 0.25) is 0 Å².